The third kappa shape index (κ3) is 5.00. The van der Waals surface area contributed by atoms with Crippen molar-refractivity contribution in [3.8, 4) is 11.5 Å². The highest BCUT2D eigenvalue weighted by Crippen LogP contribution is 2.31. The van der Waals surface area contributed by atoms with Gasteiger partial charge in [-0.25, -0.2) is 9.97 Å². The lowest BCUT2D eigenvalue weighted by Crippen LogP contribution is -2.21. The molecule has 0 amide bonds. The van der Waals surface area contributed by atoms with Crippen LogP contribution in [0, 0.1) is 0 Å². The number of nitrogens with zero attached hydrogens (tertiary/aromatic N) is 3. The van der Waals surface area contributed by atoms with E-state index in [2.05, 4.69) is 25.5 Å². The lowest BCUT2D eigenvalue weighted by molar-refractivity contribution is 0.395. The fourth-order valence-electron chi connectivity index (χ4n) is 1.97. The number of nitrogens with one attached hydrogen (secondary N) is 2. The molecule has 0 spiro atoms. The minimum Gasteiger partial charge on any atom is -0.497 e. The summed E-state index contributed by atoms with van der Waals surface area (Å²) in [7, 11) is 7.31. The summed E-state index contributed by atoms with van der Waals surface area (Å²) in [6, 6.07) is 7.43. The number of likely N-dealkylation sites (N-methyl/N-ethyl adjacent to an activating group) is 1. The molecule has 1 aromatic heterocycles. The summed E-state index contributed by atoms with van der Waals surface area (Å²) in [5.74, 6) is 2.89. The molecular formula is C16H23N5O2. The van der Waals surface area contributed by atoms with Gasteiger partial charge in [0.05, 0.1) is 19.9 Å². The first-order valence-electron chi connectivity index (χ1n) is 7.32. The zero-order valence-electron chi connectivity index (χ0n) is 14.0. The maximum absolute atomic E-state index is 5.37. The molecule has 0 bridgehead atoms. The van der Waals surface area contributed by atoms with Gasteiger partial charge in [-0.15, -0.1) is 0 Å². The number of anilines is 3. The number of hydrogen-bond acceptors (Lipinski definition) is 7. The van der Waals surface area contributed by atoms with Crippen LogP contribution < -0.4 is 20.1 Å². The van der Waals surface area contributed by atoms with Gasteiger partial charge in [-0.1, -0.05) is 0 Å². The predicted molar refractivity (Wildman–Crippen MR) is 91.9 cm³/mol. The maximum Gasteiger partial charge on any atom is 0.146 e. The largest absolute Gasteiger partial charge is 0.497 e. The van der Waals surface area contributed by atoms with Crippen molar-refractivity contribution in [2.45, 2.75) is 0 Å². The van der Waals surface area contributed by atoms with E-state index in [1.807, 2.05) is 38.4 Å². The Labute approximate surface area is 136 Å². The summed E-state index contributed by atoms with van der Waals surface area (Å²) in [5.41, 5.74) is 0.811. The molecule has 0 aliphatic carbocycles. The lowest BCUT2D eigenvalue weighted by atomic mass is 10.2. The van der Waals surface area contributed by atoms with Crippen molar-refractivity contribution in [2.75, 3.05) is 52.0 Å². The van der Waals surface area contributed by atoms with Gasteiger partial charge in [0.15, 0.2) is 0 Å². The number of rotatable bonds is 8. The molecule has 2 N–H and O–H groups in total. The van der Waals surface area contributed by atoms with Crippen molar-refractivity contribution in [3.05, 3.63) is 30.6 Å². The van der Waals surface area contributed by atoms with E-state index in [4.69, 9.17) is 9.47 Å². The molecule has 2 aromatic rings. The third-order valence-electron chi connectivity index (χ3n) is 3.20. The van der Waals surface area contributed by atoms with Crippen molar-refractivity contribution in [1.82, 2.24) is 14.9 Å². The van der Waals surface area contributed by atoms with Gasteiger partial charge in [-0.3, -0.25) is 0 Å². The van der Waals surface area contributed by atoms with Gasteiger partial charge in [-0.2, -0.15) is 0 Å². The average molecular weight is 317 g/mol. The Balaban J connectivity index is 2.08. The number of aromatic nitrogens is 2. The molecule has 0 saturated carbocycles. The number of benzene rings is 1. The van der Waals surface area contributed by atoms with E-state index in [1.54, 1.807) is 14.2 Å². The molecule has 23 heavy (non-hydrogen) atoms. The van der Waals surface area contributed by atoms with Crippen LogP contribution >= 0.6 is 0 Å². The Morgan fingerprint density at radius 3 is 2.52 bits per heavy atom. The van der Waals surface area contributed by atoms with E-state index in [9.17, 15) is 0 Å². The molecule has 0 radical (unpaired) electrons. The first-order chi connectivity index (χ1) is 11.1. The molecule has 1 heterocycles. The van der Waals surface area contributed by atoms with E-state index in [0.29, 0.717) is 11.6 Å². The van der Waals surface area contributed by atoms with Crippen molar-refractivity contribution in [1.29, 1.82) is 0 Å². The third-order valence-corrected chi connectivity index (χ3v) is 3.20. The molecule has 124 valence electrons. The summed E-state index contributed by atoms with van der Waals surface area (Å²) >= 11 is 0. The standard InChI is InChI=1S/C16H23N5O2/c1-21(2)8-7-17-15-10-16(19-11-18-15)20-13-6-5-12(22-3)9-14(13)23-4/h5-6,9-11H,7-8H2,1-4H3,(H2,17,18,19,20). The summed E-state index contributed by atoms with van der Waals surface area (Å²) in [5, 5.41) is 6.50. The van der Waals surface area contributed by atoms with Gasteiger partial charge in [0, 0.05) is 25.2 Å². The molecule has 0 aliphatic heterocycles. The van der Waals surface area contributed by atoms with Gasteiger partial charge in [-0.05, 0) is 26.2 Å². The molecule has 0 atom stereocenters. The molecule has 2 rings (SSSR count). The second-order valence-electron chi connectivity index (χ2n) is 5.21. The quantitative estimate of drug-likeness (QED) is 0.773. The van der Waals surface area contributed by atoms with Crippen LogP contribution in [0.1, 0.15) is 0 Å². The second kappa shape index (κ2) is 8.19. The Morgan fingerprint density at radius 1 is 1.04 bits per heavy atom. The van der Waals surface area contributed by atoms with Crippen molar-refractivity contribution in [2.24, 2.45) is 0 Å². The fourth-order valence-corrected chi connectivity index (χ4v) is 1.97. The first-order valence-corrected chi connectivity index (χ1v) is 7.32. The van der Waals surface area contributed by atoms with Crippen LogP contribution in [-0.2, 0) is 0 Å². The summed E-state index contributed by atoms with van der Waals surface area (Å²) in [6.45, 7) is 1.74. The highest BCUT2D eigenvalue weighted by atomic mass is 16.5. The zero-order valence-corrected chi connectivity index (χ0v) is 14.0. The molecule has 1 aromatic carbocycles. The molecule has 0 fully saturated rings. The van der Waals surface area contributed by atoms with E-state index in [0.717, 1.165) is 30.3 Å². The highest BCUT2D eigenvalue weighted by molar-refractivity contribution is 5.66. The Bertz CT molecular complexity index is 634. The van der Waals surface area contributed by atoms with Crippen LogP contribution in [-0.4, -0.2) is 56.3 Å². The highest BCUT2D eigenvalue weighted by Gasteiger charge is 2.07. The minimum absolute atomic E-state index is 0.685. The summed E-state index contributed by atoms with van der Waals surface area (Å²) < 4.78 is 10.6. The van der Waals surface area contributed by atoms with E-state index in [1.165, 1.54) is 6.33 Å². The molecule has 0 unspecified atom stereocenters. The summed E-state index contributed by atoms with van der Waals surface area (Å²) in [6.07, 6.45) is 1.52. The van der Waals surface area contributed by atoms with Crippen LogP contribution in [0.4, 0.5) is 17.3 Å². The van der Waals surface area contributed by atoms with E-state index >= 15 is 0 Å². The molecule has 0 aliphatic rings. The molecular weight excluding hydrogens is 294 g/mol. The van der Waals surface area contributed by atoms with Crippen molar-refractivity contribution >= 4 is 17.3 Å². The lowest BCUT2D eigenvalue weighted by Gasteiger charge is -2.13. The van der Waals surface area contributed by atoms with Crippen molar-refractivity contribution < 1.29 is 9.47 Å². The predicted octanol–water partition coefficient (Wildman–Crippen LogP) is 2.21. The van der Waals surface area contributed by atoms with Crippen LogP contribution in [0.2, 0.25) is 0 Å². The Kier molecular flexibility index (Phi) is 5.99. The maximum atomic E-state index is 5.37. The monoisotopic (exact) mass is 317 g/mol. The number of methoxy groups -OCH3 is 2. The smallest absolute Gasteiger partial charge is 0.146 e. The SMILES string of the molecule is COc1ccc(Nc2cc(NCCN(C)C)ncn2)c(OC)c1. The Morgan fingerprint density at radius 2 is 1.83 bits per heavy atom. The molecule has 7 heteroatoms. The fraction of sp³-hybridized carbons (Fsp3) is 0.375. The number of ether oxygens (including phenoxy) is 2. The van der Waals surface area contributed by atoms with Gasteiger partial charge in [0.1, 0.15) is 29.5 Å². The van der Waals surface area contributed by atoms with Crippen LogP contribution in [0.15, 0.2) is 30.6 Å². The molecule has 7 nitrogen and oxygen atoms in total. The van der Waals surface area contributed by atoms with Crippen LogP contribution in [0.5, 0.6) is 11.5 Å². The van der Waals surface area contributed by atoms with Crippen LogP contribution in [0.3, 0.4) is 0 Å². The minimum atomic E-state index is 0.685. The second-order valence-corrected chi connectivity index (χ2v) is 5.21. The van der Waals surface area contributed by atoms with Crippen LogP contribution in [0.25, 0.3) is 0 Å². The van der Waals surface area contributed by atoms with E-state index in [-0.39, 0.29) is 0 Å². The normalized spacial score (nSPS) is 10.5. The first kappa shape index (κ1) is 16.8. The van der Waals surface area contributed by atoms with E-state index < -0.39 is 0 Å². The topological polar surface area (TPSA) is 71.5 Å². The summed E-state index contributed by atoms with van der Waals surface area (Å²) in [4.78, 5) is 10.6. The van der Waals surface area contributed by atoms with Gasteiger partial charge < -0.3 is 25.0 Å². The average Bonchev–Trinajstić information content (AvgIpc) is 2.55. The zero-order chi connectivity index (χ0) is 16.7. The Hall–Kier alpha value is -2.54. The van der Waals surface area contributed by atoms with Gasteiger partial charge in [0.2, 0.25) is 0 Å². The van der Waals surface area contributed by atoms with Crippen molar-refractivity contribution in [3.63, 3.8) is 0 Å². The molecule has 0 saturated heterocycles. The van der Waals surface area contributed by atoms with Gasteiger partial charge >= 0.3 is 0 Å². The number of hydrogen-bond donors (Lipinski definition) is 2. The van der Waals surface area contributed by atoms with Gasteiger partial charge in [0.25, 0.3) is 0 Å².